The number of rotatable bonds is 10. The molecule has 3 rings (SSSR count). The average Bonchev–Trinajstić information content (AvgIpc) is 2.93. The van der Waals surface area contributed by atoms with E-state index in [4.69, 9.17) is 5.11 Å². The molecule has 4 N–H and O–H groups in total. The Morgan fingerprint density at radius 1 is 1.07 bits per heavy atom. The lowest BCUT2D eigenvalue weighted by Crippen LogP contribution is -2.55. The van der Waals surface area contributed by atoms with E-state index in [0.717, 1.165) is 10.6 Å². The van der Waals surface area contributed by atoms with Gasteiger partial charge in [0.25, 0.3) is 11.8 Å². The zero-order valence-electron chi connectivity index (χ0n) is 22.1. The summed E-state index contributed by atoms with van der Waals surface area (Å²) in [4.78, 5) is 78.8. The summed E-state index contributed by atoms with van der Waals surface area (Å²) >= 11 is 0. The molecule has 0 fully saturated rings. The van der Waals surface area contributed by atoms with E-state index in [1.54, 1.807) is 42.5 Å². The number of carboxylic acid groups (broad SMARTS) is 1. The zero-order valence-corrected chi connectivity index (χ0v) is 22.1. The van der Waals surface area contributed by atoms with E-state index in [-0.39, 0.29) is 36.2 Å². The van der Waals surface area contributed by atoms with Crippen LogP contribution in [0, 0.1) is 0 Å². The van der Waals surface area contributed by atoms with Crippen molar-refractivity contribution in [3.63, 3.8) is 0 Å². The molecule has 13 nitrogen and oxygen atoms in total. The van der Waals surface area contributed by atoms with Crippen LogP contribution in [0.1, 0.15) is 23.2 Å². The largest absolute Gasteiger partial charge is 0.481 e. The zero-order chi connectivity index (χ0) is 29.4. The molecule has 0 aliphatic carbocycles. The lowest BCUT2D eigenvalue weighted by molar-refractivity contribution is -0.139. The van der Waals surface area contributed by atoms with Crippen molar-refractivity contribution in [1.29, 1.82) is 0 Å². The Balaban J connectivity index is 1.95. The van der Waals surface area contributed by atoms with E-state index < -0.39 is 61.3 Å². The van der Waals surface area contributed by atoms with Crippen molar-refractivity contribution in [2.75, 3.05) is 48.5 Å². The predicted molar refractivity (Wildman–Crippen MR) is 145 cm³/mol. The maximum absolute atomic E-state index is 13.8. The first-order chi connectivity index (χ1) is 19.0. The van der Waals surface area contributed by atoms with Gasteiger partial charge in [0.05, 0.1) is 23.8 Å². The maximum Gasteiger partial charge on any atom is 0.305 e. The highest BCUT2D eigenvalue weighted by molar-refractivity contribution is 6.09. The number of aldehydes is 1. The monoisotopic (exact) mass is 553 g/mol. The summed E-state index contributed by atoms with van der Waals surface area (Å²) in [6.07, 6.45) is -0.403. The lowest BCUT2D eigenvalue weighted by atomic mass is 10.1. The lowest BCUT2D eigenvalue weighted by Gasteiger charge is -2.35. The van der Waals surface area contributed by atoms with Crippen LogP contribution >= 0.6 is 0 Å². The number of carbonyl (C=O) groups is 6. The summed E-state index contributed by atoms with van der Waals surface area (Å²) < 4.78 is 0. The van der Waals surface area contributed by atoms with Gasteiger partial charge in [-0.15, -0.1) is 0 Å². The Morgan fingerprint density at radius 2 is 1.73 bits per heavy atom. The summed E-state index contributed by atoms with van der Waals surface area (Å²) in [5, 5.41) is 23.5. The van der Waals surface area contributed by atoms with Crippen LogP contribution in [0.25, 0.3) is 0 Å². The third-order valence-electron chi connectivity index (χ3n) is 6.26. The minimum absolute atomic E-state index is 0.0154. The molecule has 1 aliphatic heterocycles. The summed E-state index contributed by atoms with van der Waals surface area (Å²) in [6, 6.07) is 10.4. The van der Waals surface area contributed by atoms with Crippen LogP contribution in [-0.4, -0.2) is 92.0 Å². The quantitative estimate of drug-likeness (QED) is 0.290. The van der Waals surface area contributed by atoms with Crippen LogP contribution < -0.4 is 25.3 Å². The maximum atomic E-state index is 13.8. The van der Waals surface area contributed by atoms with Crippen molar-refractivity contribution in [3.8, 4) is 0 Å². The molecule has 0 bridgehead atoms. The number of fused-ring (bicyclic) bond motifs is 1. The molecular weight excluding hydrogens is 522 g/mol. The van der Waals surface area contributed by atoms with Gasteiger partial charge in [-0.3, -0.25) is 28.9 Å². The SMILES string of the molecule is CN(C)c1ccc(C(=O)N[C@H]2CCN(C(=O)CO)c3ccccc3N(CC(=O)N[C@H](C=O)CC(=O)O)C2=O)cc1. The van der Waals surface area contributed by atoms with Crippen molar-refractivity contribution < 1.29 is 39.0 Å². The molecule has 0 saturated heterocycles. The Labute approximate surface area is 230 Å². The number of nitrogens with zero attached hydrogens (tertiary/aromatic N) is 3. The van der Waals surface area contributed by atoms with Crippen LogP contribution in [0.4, 0.5) is 17.1 Å². The van der Waals surface area contributed by atoms with Gasteiger partial charge < -0.3 is 35.4 Å². The van der Waals surface area contributed by atoms with E-state index in [0.29, 0.717) is 0 Å². The molecular formula is C27H31N5O8. The fraction of sp³-hybridized carbons (Fsp3) is 0.333. The third kappa shape index (κ3) is 7.20. The molecule has 13 heteroatoms. The Hall–Kier alpha value is -4.78. The molecule has 0 radical (unpaired) electrons. The van der Waals surface area contributed by atoms with E-state index >= 15 is 0 Å². The molecule has 212 valence electrons. The number of aliphatic carboxylic acids is 1. The van der Waals surface area contributed by atoms with Crippen LogP contribution in [-0.2, 0) is 24.0 Å². The number of nitrogens with one attached hydrogen (secondary N) is 2. The van der Waals surface area contributed by atoms with E-state index in [9.17, 15) is 33.9 Å². The number of carboxylic acids is 1. The number of benzene rings is 2. The number of hydrogen-bond acceptors (Lipinski definition) is 8. The van der Waals surface area contributed by atoms with Crippen molar-refractivity contribution in [2.45, 2.75) is 24.9 Å². The smallest absolute Gasteiger partial charge is 0.305 e. The fourth-order valence-corrected chi connectivity index (χ4v) is 4.24. The third-order valence-corrected chi connectivity index (χ3v) is 6.26. The van der Waals surface area contributed by atoms with Crippen molar-refractivity contribution in [3.05, 3.63) is 54.1 Å². The second kappa shape index (κ2) is 13.3. The van der Waals surface area contributed by atoms with Gasteiger partial charge in [-0.1, -0.05) is 12.1 Å². The molecule has 40 heavy (non-hydrogen) atoms. The topological polar surface area (TPSA) is 177 Å². The number of aliphatic hydroxyl groups is 1. The molecule has 2 atom stereocenters. The number of hydrogen-bond donors (Lipinski definition) is 4. The molecule has 1 aliphatic rings. The van der Waals surface area contributed by atoms with Crippen molar-refractivity contribution in [2.24, 2.45) is 0 Å². The highest BCUT2D eigenvalue weighted by Crippen LogP contribution is 2.32. The summed E-state index contributed by atoms with van der Waals surface area (Å²) in [5.74, 6) is -3.99. The highest BCUT2D eigenvalue weighted by atomic mass is 16.4. The minimum atomic E-state index is -1.32. The molecule has 0 spiro atoms. The highest BCUT2D eigenvalue weighted by Gasteiger charge is 2.35. The summed E-state index contributed by atoms with van der Waals surface area (Å²) in [6.45, 7) is -1.46. The van der Waals surface area contributed by atoms with Crippen molar-refractivity contribution >= 4 is 52.9 Å². The van der Waals surface area contributed by atoms with E-state index in [2.05, 4.69) is 10.6 Å². The van der Waals surface area contributed by atoms with E-state index in [1.165, 1.54) is 11.0 Å². The number of amides is 4. The fourth-order valence-electron chi connectivity index (χ4n) is 4.24. The van der Waals surface area contributed by atoms with Crippen molar-refractivity contribution in [1.82, 2.24) is 10.6 Å². The Bertz CT molecular complexity index is 1280. The second-order valence-corrected chi connectivity index (χ2v) is 9.28. The second-order valence-electron chi connectivity index (χ2n) is 9.28. The Morgan fingerprint density at radius 3 is 2.30 bits per heavy atom. The number of para-hydroxylation sites is 2. The van der Waals surface area contributed by atoms with Gasteiger partial charge in [-0.2, -0.15) is 0 Å². The standard InChI is InChI=1S/C27H31N5O8/c1-30(2)19-9-7-17(8-10-19)26(39)29-20-11-12-31(24(36)16-34)21-5-3-4-6-22(21)32(27(20)40)14-23(35)28-18(15-33)13-25(37)38/h3-10,15,18,20,34H,11-14,16H2,1-2H3,(H,28,35)(H,29,39)(H,37,38)/t18-,20-/m0/s1. The summed E-state index contributed by atoms with van der Waals surface area (Å²) in [5.41, 5.74) is 1.56. The predicted octanol–water partition coefficient (Wildman–Crippen LogP) is -0.228. The number of carbonyl (C=O) groups excluding carboxylic acids is 5. The van der Waals surface area contributed by atoms with Gasteiger partial charge >= 0.3 is 5.97 Å². The van der Waals surface area contributed by atoms with Gasteiger partial charge in [0.1, 0.15) is 25.5 Å². The number of anilines is 3. The molecule has 1 heterocycles. The number of aliphatic hydroxyl groups excluding tert-OH is 1. The van der Waals surface area contributed by atoms with Gasteiger partial charge in [0.15, 0.2) is 0 Å². The first kappa shape index (κ1) is 29.8. The Kier molecular flexibility index (Phi) is 9.92. The van der Waals surface area contributed by atoms with Crippen LogP contribution in [0.15, 0.2) is 48.5 Å². The normalized spacial score (nSPS) is 15.7. The van der Waals surface area contributed by atoms with Gasteiger partial charge in [0, 0.05) is 31.9 Å². The molecule has 4 amide bonds. The molecule has 0 saturated carbocycles. The van der Waals surface area contributed by atoms with Gasteiger partial charge in [0.2, 0.25) is 11.8 Å². The summed E-state index contributed by atoms with van der Waals surface area (Å²) in [7, 11) is 3.70. The molecule has 2 aromatic rings. The minimum Gasteiger partial charge on any atom is -0.481 e. The molecule has 2 aromatic carbocycles. The van der Waals surface area contributed by atoms with Crippen LogP contribution in [0.3, 0.4) is 0 Å². The first-order valence-electron chi connectivity index (χ1n) is 12.4. The van der Waals surface area contributed by atoms with E-state index in [1.807, 2.05) is 19.0 Å². The van der Waals surface area contributed by atoms with Gasteiger partial charge in [-0.25, -0.2) is 0 Å². The first-order valence-corrected chi connectivity index (χ1v) is 12.4. The molecule has 0 aromatic heterocycles. The van der Waals surface area contributed by atoms with Crippen LogP contribution in [0.2, 0.25) is 0 Å². The average molecular weight is 554 g/mol. The van der Waals surface area contributed by atoms with Gasteiger partial charge in [-0.05, 0) is 42.8 Å². The molecule has 0 unspecified atom stereocenters. The van der Waals surface area contributed by atoms with Crippen LogP contribution in [0.5, 0.6) is 0 Å².